The topological polar surface area (TPSA) is 39.2 Å². The second kappa shape index (κ2) is 4.91. The number of methoxy groups -OCH3 is 1. The maximum Gasteiger partial charge on any atom is 0.213 e. The molecule has 0 aliphatic carbocycles. The predicted molar refractivity (Wildman–Crippen MR) is 60.6 cm³/mol. The van der Waals surface area contributed by atoms with Crippen LogP contribution in [0.25, 0.3) is 0 Å². The molecule has 0 aliphatic rings. The van der Waals surface area contributed by atoms with Crippen LogP contribution in [0.4, 0.5) is 8.78 Å². The molecule has 0 amide bonds. The molecule has 0 saturated carbocycles. The molecule has 3 nitrogen and oxygen atoms in total. The van der Waals surface area contributed by atoms with Crippen molar-refractivity contribution in [3.05, 3.63) is 59.3 Å². The van der Waals surface area contributed by atoms with Gasteiger partial charge in [-0.25, -0.2) is 13.8 Å². The van der Waals surface area contributed by atoms with Crippen molar-refractivity contribution in [1.82, 2.24) is 4.98 Å². The number of nitrogens with zero attached hydrogens (tertiary/aromatic N) is 1. The number of carbonyl (C=O) groups is 1. The number of carbonyl (C=O) groups excluding carboxylic acids is 1. The summed E-state index contributed by atoms with van der Waals surface area (Å²) in [5, 5.41) is 0. The van der Waals surface area contributed by atoms with Gasteiger partial charge in [-0.2, -0.15) is 0 Å². The third-order valence-corrected chi connectivity index (χ3v) is 2.35. The molecule has 1 aromatic carbocycles. The van der Waals surface area contributed by atoms with Gasteiger partial charge in [0, 0.05) is 11.6 Å². The number of ether oxygens (including phenoxy) is 1. The van der Waals surface area contributed by atoms with E-state index < -0.39 is 17.4 Å². The van der Waals surface area contributed by atoms with Crippen LogP contribution in [-0.2, 0) is 0 Å². The fourth-order valence-electron chi connectivity index (χ4n) is 1.44. The van der Waals surface area contributed by atoms with Crippen LogP contribution in [0.2, 0.25) is 0 Å². The first-order valence-corrected chi connectivity index (χ1v) is 5.12. The van der Waals surface area contributed by atoms with Gasteiger partial charge in [0.2, 0.25) is 11.7 Å². The predicted octanol–water partition coefficient (Wildman–Crippen LogP) is 2.60. The van der Waals surface area contributed by atoms with Crippen LogP contribution in [0.5, 0.6) is 5.88 Å². The summed E-state index contributed by atoms with van der Waals surface area (Å²) >= 11 is 0. The van der Waals surface area contributed by atoms with Crippen molar-refractivity contribution in [2.24, 2.45) is 0 Å². The summed E-state index contributed by atoms with van der Waals surface area (Å²) in [5.74, 6) is -2.27. The van der Waals surface area contributed by atoms with Gasteiger partial charge in [0.1, 0.15) is 5.69 Å². The SMILES string of the molecule is COc1cccc(C(=O)c2ccc(F)c(F)c2)n1. The minimum absolute atomic E-state index is 0.0367. The van der Waals surface area contributed by atoms with E-state index in [1.807, 2.05) is 0 Å². The summed E-state index contributed by atoms with van der Waals surface area (Å²) in [5.41, 5.74) is 0.148. The van der Waals surface area contributed by atoms with Gasteiger partial charge in [-0.3, -0.25) is 4.79 Å². The zero-order valence-corrected chi connectivity index (χ0v) is 9.48. The Balaban J connectivity index is 2.38. The molecule has 0 fully saturated rings. The number of pyridine rings is 1. The maximum absolute atomic E-state index is 13.0. The fraction of sp³-hybridized carbons (Fsp3) is 0.0769. The molecule has 0 spiro atoms. The highest BCUT2D eigenvalue weighted by atomic mass is 19.2. The first-order chi connectivity index (χ1) is 8.61. The van der Waals surface area contributed by atoms with Crippen LogP contribution >= 0.6 is 0 Å². The molecule has 0 saturated heterocycles. The van der Waals surface area contributed by atoms with E-state index in [4.69, 9.17) is 4.74 Å². The standard InChI is InChI=1S/C13H9F2NO2/c1-18-12-4-2-3-11(16-12)13(17)8-5-6-9(14)10(15)7-8/h2-7H,1H3. The minimum Gasteiger partial charge on any atom is -0.481 e. The largest absolute Gasteiger partial charge is 0.481 e. The van der Waals surface area contributed by atoms with Gasteiger partial charge in [0.15, 0.2) is 11.6 Å². The van der Waals surface area contributed by atoms with Crippen LogP contribution < -0.4 is 4.74 Å². The first-order valence-electron chi connectivity index (χ1n) is 5.12. The molecule has 2 rings (SSSR count). The van der Waals surface area contributed by atoms with Crippen molar-refractivity contribution >= 4 is 5.78 Å². The monoisotopic (exact) mass is 249 g/mol. The summed E-state index contributed by atoms with van der Waals surface area (Å²) in [4.78, 5) is 15.9. The number of rotatable bonds is 3. The molecular weight excluding hydrogens is 240 g/mol. The van der Waals surface area contributed by atoms with E-state index in [1.165, 1.54) is 19.2 Å². The highest BCUT2D eigenvalue weighted by Gasteiger charge is 2.13. The summed E-state index contributed by atoms with van der Waals surface area (Å²) in [6.45, 7) is 0. The summed E-state index contributed by atoms with van der Waals surface area (Å²) in [7, 11) is 1.42. The number of hydrogen-bond acceptors (Lipinski definition) is 3. The van der Waals surface area contributed by atoms with E-state index in [0.29, 0.717) is 0 Å². The molecule has 92 valence electrons. The average Bonchev–Trinajstić information content (AvgIpc) is 2.41. The molecule has 1 heterocycles. The lowest BCUT2D eigenvalue weighted by Gasteiger charge is -2.03. The molecule has 0 N–H and O–H groups in total. The summed E-state index contributed by atoms with van der Waals surface area (Å²) in [6, 6.07) is 7.62. The van der Waals surface area contributed by atoms with E-state index in [0.717, 1.165) is 12.1 Å². The average molecular weight is 249 g/mol. The quantitative estimate of drug-likeness (QED) is 0.785. The van der Waals surface area contributed by atoms with Crippen LogP contribution in [0, 0.1) is 11.6 Å². The zero-order chi connectivity index (χ0) is 13.1. The summed E-state index contributed by atoms with van der Waals surface area (Å²) in [6.07, 6.45) is 0. The molecule has 2 aromatic rings. The van der Waals surface area contributed by atoms with Crippen molar-refractivity contribution in [3.8, 4) is 5.88 Å². The highest BCUT2D eigenvalue weighted by molar-refractivity contribution is 6.07. The Morgan fingerprint density at radius 3 is 2.61 bits per heavy atom. The lowest BCUT2D eigenvalue weighted by molar-refractivity contribution is 0.103. The smallest absolute Gasteiger partial charge is 0.213 e. The third kappa shape index (κ3) is 2.34. The number of ketones is 1. The van der Waals surface area contributed by atoms with Crippen molar-refractivity contribution in [2.75, 3.05) is 7.11 Å². The Bertz CT molecular complexity index is 599. The van der Waals surface area contributed by atoms with Crippen LogP contribution in [0.3, 0.4) is 0 Å². The van der Waals surface area contributed by atoms with E-state index in [2.05, 4.69) is 4.98 Å². The second-order valence-corrected chi connectivity index (χ2v) is 3.52. The maximum atomic E-state index is 13.0. The highest BCUT2D eigenvalue weighted by Crippen LogP contribution is 2.14. The lowest BCUT2D eigenvalue weighted by Crippen LogP contribution is -2.05. The molecule has 0 radical (unpaired) electrons. The second-order valence-electron chi connectivity index (χ2n) is 3.52. The number of benzene rings is 1. The third-order valence-electron chi connectivity index (χ3n) is 2.35. The first kappa shape index (κ1) is 12.2. The van der Waals surface area contributed by atoms with E-state index in [9.17, 15) is 13.6 Å². The Morgan fingerprint density at radius 2 is 1.94 bits per heavy atom. The molecule has 0 bridgehead atoms. The van der Waals surface area contributed by atoms with Crippen LogP contribution in [0.15, 0.2) is 36.4 Å². The molecule has 1 aromatic heterocycles. The van der Waals surface area contributed by atoms with Gasteiger partial charge in [0.05, 0.1) is 7.11 Å². The minimum atomic E-state index is -1.07. The van der Waals surface area contributed by atoms with Gasteiger partial charge >= 0.3 is 0 Å². The number of halogens is 2. The Morgan fingerprint density at radius 1 is 1.17 bits per heavy atom. The fourth-order valence-corrected chi connectivity index (χ4v) is 1.44. The summed E-state index contributed by atoms with van der Waals surface area (Å²) < 4.78 is 30.7. The van der Waals surface area contributed by atoms with Gasteiger partial charge < -0.3 is 4.74 Å². The van der Waals surface area contributed by atoms with E-state index in [1.54, 1.807) is 12.1 Å². The van der Waals surface area contributed by atoms with Crippen LogP contribution in [-0.4, -0.2) is 17.9 Å². The van der Waals surface area contributed by atoms with Crippen molar-refractivity contribution < 1.29 is 18.3 Å². The Kier molecular flexibility index (Phi) is 3.32. The Labute approximate surface area is 102 Å². The number of hydrogen-bond donors (Lipinski definition) is 0. The van der Waals surface area contributed by atoms with Crippen molar-refractivity contribution in [2.45, 2.75) is 0 Å². The normalized spacial score (nSPS) is 10.2. The van der Waals surface area contributed by atoms with Gasteiger partial charge in [-0.1, -0.05) is 6.07 Å². The Hall–Kier alpha value is -2.30. The molecule has 0 atom stereocenters. The molecule has 18 heavy (non-hydrogen) atoms. The van der Waals surface area contributed by atoms with Gasteiger partial charge in [-0.15, -0.1) is 0 Å². The molecule has 5 heteroatoms. The van der Waals surface area contributed by atoms with Crippen molar-refractivity contribution in [1.29, 1.82) is 0 Å². The van der Waals surface area contributed by atoms with Crippen molar-refractivity contribution in [3.63, 3.8) is 0 Å². The van der Waals surface area contributed by atoms with E-state index in [-0.39, 0.29) is 17.1 Å². The van der Waals surface area contributed by atoms with Gasteiger partial charge in [-0.05, 0) is 24.3 Å². The van der Waals surface area contributed by atoms with Gasteiger partial charge in [0.25, 0.3) is 0 Å². The zero-order valence-electron chi connectivity index (χ0n) is 9.48. The lowest BCUT2D eigenvalue weighted by atomic mass is 10.1. The molecule has 0 aliphatic heterocycles. The molecular formula is C13H9F2NO2. The number of aromatic nitrogens is 1. The van der Waals surface area contributed by atoms with E-state index >= 15 is 0 Å². The van der Waals surface area contributed by atoms with Crippen LogP contribution in [0.1, 0.15) is 16.1 Å². The molecule has 0 unspecified atom stereocenters.